The van der Waals surface area contributed by atoms with Gasteiger partial charge in [0.2, 0.25) is 5.91 Å². The summed E-state index contributed by atoms with van der Waals surface area (Å²) < 4.78 is 0. The van der Waals surface area contributed by atoms with Crippen molar-refractivity contribution in [3.63, 3.8) is 0 Å². The van der Waals surface area contributed by atoms with E-state index in [2.05, 4.69) is 43.5 Å². The van der Waals surface area contributed by atoms with Crippen LogP contribution in [0.5, 0.6) is 0 Å². The van der Waals surface area contributed by atoms with E-state index in [0.29, 0.717) is 0 Å². The number of rotatable bonds is 4. The Hall–Kier alpha value is -1.35. The average molecular weight is 260 g/mol. The largest absolute Gasteiger partial charge is 0.349 e. The van der Waals surface area contributed by atoms with E-state index in [-0.39, 0.29) is 23.3 Å². The normalized spacial score (nSPS) is 17.6. The zero-order chi connectivity index (χ0) is 13.9. The molecular weight excluding hydrogens is 236 g/mol. The Balaban J connectivity index is 2.07. The van der Waals surface area contributed by atoms with Gasteiger partial charge in [-0.15, -0.1) is 0 Å². The molecule has 2 rings (SSSR count). The van der Waals surface area contributed by atoms with Crippen LogP contribution in [0.25, 0.3) is 0 Å². The van der Waals surface area contributed by atoms with E-state index in [9.17, 15) is 4.79 Å². The first-order valence-electron chi connectivity index (χ1n) is 7.02. The van der Waals surface area contributed by atoms with Crippen molar-refractivity contribution >= 4 is 5.91 Å². The summed E-state index contributed by atoms with van der Waals surface area (Å²) in [6.45, 7) is 8.24. The lowest BCUT2D eigenvalue weighted by molar-refractivity contribution is -0.127. The van der Waals surface area contributed by atoms with Gasteiger partial charge in [0.25, 0.3) is 0 Å². The van der Waals surface area contributed by atoms with Gasteiger partial charge >= 0.3 is 0 Å². The monoisotopic (exact) mass is 260 g/mol. The van der Waals surface area contributed by atoms with Crippen molar-refractivity contribution in [1.29, 1.82) is 0 Å². The second-order valence-electron chi connectivity index (χ2n) is 6.59. The molecule has 19 heavy (non-hydrogen) atoms. The molecule has 0 radical (unpaired) electrons. The van der Waals surface area contributed by atoms with Crippen molar-refractivity contribution in [2.75, 3.05) is 13.1 Å². The SMILES string of the molecule is CC(C)(C)CC(NC(=O)C1CNC1)c1ccccc1. The number of hydrogen-bond acceptors (Lipinski definition) is 2. The smallest absolute Gasteiger partial charge is 0.226 e. The fraction of sp³-hybridized carbons (Fsp3) is 0.562. The van der Waals surface area contributed by atoms with Crippen LogP contribution in [0.1, 0.15) is 38.8 Å². The minimum absolute atomic E-state index is 0.106. The van der Waals surface area contributed by atoms with Gasteiger partial charge in [0.1, 0.15) is 0 Å². The molecule has 1 saturated heterocycles. The number of hydrogen-bond donors (Lipinski definition) is 2. The molecule has 1 aliphatic heterocycles. The highest BCUT2D eigenvalue weighted by atomic mass is 16.2. The van der Waals surface area contributed by atoms with Crippen molar-refractivity contribution in [3.8, 4) is 0 Å². The fourth-order valence-corrected chi connectivity index (χ4v) is 2.31. The van der Waals surface area contributed by atoms with Crippen LogP contribution in [0.3, 0.4) is 0 Å². The van der Waals surface area contributed by atoms with E-state index < -0.39 is 0 Å². The van der Waals surface area contributed by atoms with E-state index in [4.69, 9.17) is 0 Å². The van der Waals surface area contributed by atoms with Gasteiger partial charge in [0.15, 0.2) is 0 Å². The van der Waals surface area contributed by atoms with Gasteiger partial charge < -0.3 is 10.6 Å². The lowest BCUT2D eigenvalue weighted by atomic mass is 9.85. The summed E-state index contributed by atoms with van der Waals surface area (Å²) in [5.74, 6) is 0.322. The van der Waals surface area contributed by atoms with Crippen LogP contribution in [0.2, 0.25) is 0 Å². The van der Waals surface area contributed by atoms with Crippen molar-refractivity contribution in [2.45, 2.75) is 33.2 Å². The van der Waals surface area contributed by atoms with Crippen LogP contribution < -0.4 is 10.6 Å². The van der Waals surface area contributed by atoms with Gasteiger partial charge in [-0.2, -0.15) is 0 Å². The lowest BCUT2D eigenvalue weighted by Crippen LogP contribution is -2.51. The first-order valence-corrected chi connectivity index (χ1v) is 7.02. The Labute approximate surface area is 115 Å². The van der Waals surface area contributed by atoms with E-state index in [1.807, 2.05) is 18.2 Å². The molecule has 0 bridgehead atoms. The number of carbonyl (C=O) groups excluding carboxylic acids is 1. The first kappa shape index (κ1) is 14.1. The Morgan fingerprint density at radius 3 is 2.42 bits per heavy atom. The lowest BCUT2D eigenvalue weighted by Gasteiger charge is -2.31. The predicted octanol–water partition coefficient (Wildman–Crippen LogP) is 2.50. The molecule has 1 heterocycles. The summed E-state index contributed by atoms with van der Waals surface area (Å²) in [6.07, 6.45) is 0.947. The van der Waals surface area contributed by atoms with Gasteiger partial charge in [-0.25, -0.2) is 0 Å². The number of amides is 1. The standard InChI is InChI=1S/C16H24N2O/c1-16(2,3)9-14(12-7-5-4-6-8-12)18-15(19)13-10-17-11-13/h4-8,13-14,17H,9-11H2,1-3H3,(H,18,19). The third-order valence-corrected chi connectivity index (χ3v) is 3.49. The molecule has 1 aliphatic rings. The van der Waals surface area contributed by atoms with Crippen LogP contribution in [0.4, 0.5) is 0 Å². The van der Waals surface area contributed by atoms with Crippen LogP contribution in [0, 0.1) is 11.3 Å². The predicted molar refractivity (Wildman–Crippen MR) is 77.8 cm³/mol. The molecule has 104 valence electrons. The molecule has 1 atom stereocenters. The Bertz CT molecular complexity index is 418. The highest BCUT2D eigenvalue weighted by Gasteiger charge is 2.28. The second kappa shape index (κ2) is 5.74. The molecule has 3 heteroatoms. The first-order chi connectivity index (χ1) is 8.96. The van der Waals surface area contributed by atoms with E-state index in [1.54, 1.807) is 0 Å². The van der Waals surface area contributed by atoms with Crippen LogP contribution in [-0.2, 0) is 4.79 Å². The molecule has 3 nitrogen and oxygen atoms in total. The highest BCUT2D eigenvalue weighted by Crippen LogP contribution is 2.29. The van der Waals surface area contributed by atoms with Crippen LogP contribution in [-0.4, -0.2) is 19.0 Å². The maximum atomic E-state index is 12.1. The fourth-order valence-electron chi connectivity index (χ4n) is 2.31. The number of nitrogens with one attached hydrogen (secondary N) is 2. The maximum absolute atomic E-state index is 12.1. The number of benzene rings is 1. The Morgan fingerprint density at radius 2 is 1.95 bits per heavy atom. The summed E-state index contributed by atoms with van der Waals surface area (Å²) in [5.41, 5.74) is 1.38. The van der Waals surface area contributed by atoms with E-state index in [1.165, 1.54) is 5.56 Å². The molecule has 1 fully saturated rings. The van der Waals surface area contributed by atoms with Crippen LogP contribution >= 0.6 is 0 Å². The van der Waals surface area contributed by atoms with Crippen molar-refractivity contribution in [2.24, 2.45) is 11.3 Å². The van der Waals surface area contributed by atoms with Crippen molar-refractivity contribution < 1.29 is 4.79 Å². The number of carbonyl (C=O) groups is 1. The van der Waals surface area contributed by atoms with E-state index in [0.717, 1.165) is 19.5 Å². The van der Waals surface area contributed by atoms with Gasteiger partial charge in [-0.3, -0.25) is 4.79 Å². The highest BCUT2D eigenvalue weighted by molar-refractivity contribution is 5.80. The van der Waals surface area contributed by atoms with Crippen molar-refractivity contribution in [3.05, 3.63) is 35.9 Å². The summed E-state index contributed by atoms with van der Waals surface area (Å²) in [6, 6.07) is 10.4. The molecular formula is C16H24N2O. The van der Waals surface area contributed by atoms with Gasteiger partial charge in [0.05, 0.1) is 12.0 Å². The molecule has 0 aliphatic carbocycles. The molecule has 1 amide bonds. The van der Waals surface area contributed by atoms with Crippen molar-refractivity contribution in [1.82, 2.24) is 10.6 Å². The van der Waals surface area contributed by atoms with E-state index >= 15 is 0 Å². The zero-order valence-electron chi connectivity index (χ0n) is 12.1. The summed E-state index contributed by atoms with van der Waals surface area (Å²) >= 11 is 0. The summed E-state index contributed by atoms with van der Waals surface area (Å²) in [7, 11) is 0. The van der Waals surface area contributed by atoms with Gasteiger partial charge in [0, 0.05) is 13.1 Å². The molecule has 1 unspecified atom stereocenters. The second-order valence-corrected chi connectivity index (χ2v) is 6.59. The summed E-state index contributed by atoms with van der Waals surface area (Å²) in [5, 5.41) is 6.36. The summed E-state index contributed by atoms with van der Waals surface area (Å²) in [4.78, 5) is 12.1. The molecule has 1 aromatic carbocycles. The molecule has 0 saturated carbocycles. The minimum Gasteiger partial charge on any atom is -0.349 e. The molecule has 1 aromatic rings. The average Bonchev–Trinajstić information content (AvgIpc) is 2.25. The molecule has 0 spiro atoms. The topological polar surface area (TPSA) is 41.1 Å². The quantitative estimate of drug-likeness (QED) is 0.873. The van der Waals surface area contributed by atoms with Crippen LogP contribution in [0.15, 0.2) is 30.3 Å². The Kier molecular flexibility index (Phi) is 4.25. The van der Waals surface area contributed by atoms with Gasteiger partial charge in [-0.1, -0.05) is 51.1 Å². The third kappa shape index (κ3) is 4.06. The zero-order valence-corrected chi connectivity index (χ0v) is 12.1. The molecule has 2 N–H and O–H groups in total. The minimum atomic E-state index is 0.106. The third-order valence-electron chi connectivity index (χ3n) is 3.49. The van der Waals surface area contributed by atoms with Gasteiger partial charge in [-0.05, 0) is 17.4 Å². The molecule has 0 aromatic heterocycles. The maximum Gasteiger partial charge on any atom is 0.226 e. The Morgan fingerprint density at radius 1 is 1.32 bits per heavy atom.